The second-order valence-electron chi connectivity index (χ2n) is 9.35. The number of rotatable bonds is 6. The van der Waals surface area contributed by atoms with Crippen molar-refractivity contribution in [1.82, 2.24) is 29.6 Å². The van der Waals surface area contributed by atoms with Crippen LogP contribution in [0.5, 0.6) is 0 Å². The van der Waals surface area contributed by atoms with Gasteiger partial charge >= 0.3 is 0 Å². The number of aliphatic hydroxyl groups is 1. The molecule has 3 aromatic heterocycles. The number of alkyl halides is 2. The zero-order valence-corrected chi connectivity index (χ0v) is 20.2. The molecule has 9 nitrogen and oxygen atoms in total. The van der Waals surface area contributed by atoms with Gasteiger partial charge in [-0.15, -0.1) is 0 Å². The lowest BCUT2D eigenvalue weighted by Crippen LogP contribution is -2.32. The first kappa shape index (κ1) is 24.0. The number of nitrogens with one attached hydrogen (secondary N) is 2. The van der Waals surface area contributed by atoms with E-state index in [1.165, 1.54) is 38.8 Å². The number of nitrogens with zero attached hydrogens (tertiary/aromatic N) is 5. The number of halogens is 2. The van der Waals surface area contributed by atoms with Gasteiger partial charge in [0.25, 0.3) is 12.0 Å². The zero-order valence-electron chi connectivity index (χ0n) is 20.2. The molecule has 0 spiro atoms. The Labute approximate surface area is 205 Å². The molecule has 188 valence electrons. The first-order valence-electron chi connectivity index (χ1n) is 11.7. The van der Waals surface area contributed by atoms with Gasteiger partial charge in [0.05, 0.1) is 5.69 Å². The summed E-state index contributed by atoms with van der Waals surface area (Å²) in [5, 5.41) is 17.1. The maximum atomic E-state index is 13.5. The highest BCUT2D eigenvalue weighted by Crippen LogP contribution is 2.28. The lowest BCUT2D eigenvalue weighted by molar-refractivity contribution is -0.0910. The molecule has 11 heteroatoms. The largest absolute Gasteiger partial charge is 0.378 e. The lowest BCUT2D eigenvalue weighted by atomic mass is 10.0. The van der Waals surface area contributed by atoms with E-state index in [0.717, 1.165) is 32.1 Å². The normalized spacial score (nSPS) is 15.3. The third kappa shape index (κ3) is 4.14. The Morgan fingerprint density at radius 2 is 1.97 bits per heavy atom. The van der Waals surface area contributed by atoms with Gasteiger partial charge in [-0.05, 0) is 69.1 Å². The molecule has 1 aliphatic rings. The fourth-order valence-corrected chi connectivity index (χ4v) is 4.37. The Hall–Kier alpha value is -3.70. The lowest BCUT2D eigenvalue weighted by Gasteiger charge is -2.22. The van der Waals surface area contributed by atoms with Crippen LogP contribution in [0.2, 0.25) is 0 Å². The molecule has 0 bridgehead atoms. The highest BCUT2D eigenvalue weighted by molar-refractivity contribution is 5.77. The molecule has 1 aromatic carbocycles. The van der Waals surface area contributed by atoms with E-state index in [4.69, 9.17) is 0 Å². The molecule has 1 aliphatic heterocycles. The number of hydrogen-bond acceptors (Lipinski definition) is 7. The Balaban J connectivity index is 1.62. The number of benzene rings is 1. The van der Waals surface area contributed by atoms with E-state index in [1.807, 2.05) is 26.0 Å². The topological polar surface area (TPSA) is 110 Å². The molecule has 1 atom stereocenters. The van der Waals surface area contributed by atoms with E-state index in [9.17, 15) is 18.7 Å². The van der Waals surface area contributed by atoms with E-state index in [2.05, 4.69) is 31.7 Å². The van der Waals surface area contributed by atoms with Gasteiger partial charge < -0.3 is 15.7 Å². The first-order chi connectivity index (χ1) is 17.2. The second kappa shape index (κ2) is 9.07. The van der Waals surface area contributed by atoms with Crippen LogP contribution in [0.25, 0.3) is 16.9 Å². The summed E-state index contributed by atoms with van der Waals surface area (Å²) in [5.74, 6) is 0.454. The summed E-state index contributed by atoms with van der Waals surface area (Å²) in [4.78, 5) is 26.5. The van der Waals surface area contributed by atoms with Crippen molar-refractivity contribution in [2.24, 2.45) is 0 Å². The number of hydrogen-bond donors (Lipinski definition) is 3. The molecule has 0 saturated heterocycles. The third-order valence-electron chi connectivity index (χ3n) is 6.36. The quantitative estimate of drug-likeness (QED) is 0.376. The fourth-order valence-electron chi connectivity index (χ4n) is 4.37. The predicted molar refractivity (Wildman–Crippen MR) is 132 cm³/mol. The van der Waals surface area contributed by atoms with Gasteiger partial charge in [-0.3, -0.25) is 4.79 Å². The van der Waals surface area contributed by atoms with Crippen LogP contribution in [-0.2, 0) is 18.6 Å². The summed E-state index contributed by atoms with van der Waals surface area (Å²) >= 11 is 0. The van der Waals surface area contributed by atoms with Crippen LogP contribution in [-0.4, -0.2) is 42.4 Å². The minimum atomic E-state index is -3.04. The molecule has 36 heavy (non-hydrogen) atoms. The van der Waals surface area contributed by atoms with Crippen LogP contribution in [0.3, 0.4) is 0 Å². The average Bonchev–Trinajstić information content (AvgIpc) is 3.16. The van der Waals surface area contributed by atoms with Gasteiger partial charge in [-0.25, -0.2) is 28.1 Å². The van der Waals surface area contributed by atoms with E-state index < -0.39 is 12.0 Å². The Kier molecular flexibility index (Phi) is 6.05. The minimum Gasteiger partial charge on any atom is -0.378 e. The zero-order chi connectivity index (χ0) is 25.6. The van der Waals surface area contributed by atoms with Crippen LogP contribution >= 0.6 is 0 Å². The molecule has 3 N–H and O–H groups in total. The van der Waals surface area contributed by atoms with Gasteiger partial charge in [0.15, 0.2) is 17.1 Å². The highest BCUT2D eigenvalue weighted by atomic mass is 19.3. The molecular weight excluding hydrogens is 468 g/mol. The Morgan fingerprint density at radius 3 is 2.72 bits per heavy atom. The van der Waals surface area contributed by atoms with Crippen molar-refractivity contribution in [3.63, 3.8) is 0 Å². The van der Waals surface area contributed by atoms with Crippen LogP contribution in [0, 0.1) is 0 Å². The number of aromatic nitrogens is 5. The third-order valence-corrected chi connectivity index (χ3v) is 6.36. The van der Waals surface area contributed by atoms with Crippen molar-refractivity contribution in [2.75, 3.05) is 11.9 Å². The van der Waals surface area contributed by atoms with E-state index >= 15 is 0 Å². The molecule has 0 saturated carbocycles. The first-order valence-corrected chi connectivity index (χ1v) is 11.7. The molecule has 4 heterocycles. The summed E-state index contributed by atoms with van der Waals surface area (Å²) in [6.45, 7) is 6.39. The molecule has 5 rings (SSSR count). The van der Waals surface area contributed by atoms with Crippen LogP contribution in [0.1, 0.15) is 43.6 Å². The van der Waals surface area contributed by atoms with Crippen molar-refractivity contribution in [1.29, 1.82) is 0 Å². The fraction of sp³-hybridized carbons (Fsp3) is 0.360. The standard InChI is InChI=1S/C25H27F2N7O2/c1-14(2)33-22(35)18-13-29-24(30-17-8-7-15-9-10-28-12-16(15)11-17)32-21(18)34(33)20-6-4-5-19(31-20)25(3,36)23(26)27/h4-8,11,13-14,23,28,36H,9-10,12H2,1-3H3,(H,29,30,32). The maximum absolute atomic E-state index is 13.5. The monoisotopic (exact) mass is 495 g/mol. The summed E-state index contributed by atoms with van der Waals surface area (Å²) in [6, 6.07) is 10.2. The van der Waals surface area contributed by atoms with Crippen LogP contribution in [0.4, 0.5) is 20.4 Å². The van der Waals surface area contributed by atoms with E-state index in [-0.39, 0.29) is 40.1 Å². The Morgan fingerprint density at radius 1 is 1.17 bits per heavy atom. The van der Waals surface area contributed by atoms with Crippen molar-refractivity contribution < 1.29 is 13.9 Å². The van der Waals surface area contributed by atoms with Gasteiger partial charge in [0.1, 0.15) is 5.39 Å². The van der Waals surface area contributed by atoms with E-state index in [1.54, 1.807) is 6.07 Å². The molecular formula is C25H27F2N7O2. The van der Waals surface area contributed by atoms with Gasteiger partial charge in [-0.2, -0.15) is 4.98 Å². The summed E-state index contributed by atoms with van der Waals surface area (Å²) in [7, 11) is 0. The summed E-state index contributed by atoms with van der Waals surface area (Å²) < 4.78 is 29.9. The maximum Gasteiger partial charge on any atom is 0.278 e. The molecule has 1 unspecified atom stereocenters. The molecule has 4 aromatic rings. The minimum absolute atomic E-state index is 0.179. The number of fused-ring (bicyclic) bond motifs is 2. The van der Waals surface area contributed by atoms with Crippen molar-refractivity contribution in [2.45, 2.75) is 51.8 Å². The number of pyridine rings is 1. The number of anilines is 2. The van der Waals surface area contributed by atoms with Crippen molar-refractivity contribution in [3.05, 3.63) is 69.8 Å². The smallest absolute Gasteiger partial charge is 0.278 e. The van der Waals surface area contributed by atoms with Gasteiger partial charge in [-0.1, -0.05) is 12.1 Å². The predicted octanol–water partition coefficient (Wildman–Crippen LogP) is 3.42. The second-order valence-corrected chi connectivity index (χ2v) is 9.35. The molecule has 0 aliphatic carbocycles. The Bertz CT molecular complexity index is 1490. The highest BCUT2D eigenvalue weighted by Gasteiger charge is 2.36. The average molecular weight is 496 g/mol. The SMILES string of the molecule is CC(C)n1c(=O)c2cnc(Nc3ccc4c(c3)CNCC4)nc2n1-c1cccc(C(C)(O)C(F)F)n1. The summed E-state index contributed by atoms with van der Waals surface area (Å²) in [6.07, 6.45) is -0.627. The van der Waals surface area contributed by atoms with Crippen LogP contribution in [0.15, 0.2) is 47.4 Å². The van der Waals surface area contributed by atoms with Crippen molar-refractivity contribution in [3.8, 4) is 5.82 Å². The summed E-state index contributed by atoms with van der Waals surface area (Å²) in [5.41, 5.74) is 0.569. The van der Waals surface area contributed by atoms with Crippen molar-refractivity contribution >= 4 is 22.7 Å². The molecule has 0 amide bonds. The molecule has 0 fully saturated rings. The van der Waals surface area contributed by atoms with Gasteiger partial charge in [0.2, 0.25) is 5.95 Å². The van der Waals surface area contributed by atoms with Crippen LogP contribution < -0.4 is 16.2 Å². The van der Waals surface area contributed by atoms with E-state index in [0.29, 0.717) is 0 Å². The van der Waals surface area contributed by atoms with Gasteiger partial charge in [0, 0.05) is 24.5 Å². The molecule has 0 radical (unpaired) electrons.